The molecule has 21 heavy (non-hydrogen) atoms. The predicted octanol–water partition coefficient (Wildman–Crippen LogP) is 7.05. The molecule has 0 nitrogen and oxygen atoms in total. The zero-order valence-corrected chi connectivity index (χ0v) is 14.5. The summed E-state index contributed by atoms with van der Waals surface area (Å²) >= 11 is 2.00. The van der Waals surface area contributed by atoms with Gasteiger partial charge in [-0.05, 0) is 37.0 Å². The fourth-order valence-electron chi connectivity index (χ4n) is 3.17. The molecular weight excluding hydrogens is 272 g/mol. The van der Waals surface area contributed by atoms with E-state index in [1.807, 2.05) is 11.3 Å². The molecule has 0 bridgehead atoms. The van der Waals surface area contributed by atoms with Crippen LogP contribution >= 0.6 is 11.3 Å². The maximum absolute atomic E-state index is 2.38. The molecule has 0 saturated carbocycles. The second kappa shape index (κ2) is 7.79. The Morgan fingerprint density at radius 2 is 1.57 bits per heavy atom. The highest BCUT2D eigenvalue weighted by atomic mass is 32.1. The summed E-state index contributed by atoms with van der Waals surface area (Å²) in [5, 5.41) is 0. The molecule has 0 aliphatic carbocycles. The van der Waals surface area contributed by atoms with Crippen molar-refractivity contribution in [1.29, 1.82) is 0 Å². The van der Waals surface area contributed by atoms with Crippen molar-refractivity contribution in [3.05, 3.63) is 47.3 Å². The van der Waals surface area contributed by atoms with Gasteiger partial charge >= 0.3 is 0 Å². The van der Waals surface area contributed by atoms with E-state index in [4.69, 9.17) is 0 Å². The van der Waals surface area contributed by atoms with Crippen LogP contribution in [-0.2, 0) is 5.41 Å². The molecule has 1 heteroatoms. The van der Waals surface area contributed by atoms with Crippen molar-refractivity contribution in [1.82, 2.24) is 0 Å². The number of hydrogen-bond donors (Lipinski definition) is 0. The Kier molecular flexibility index (Phi) is 6.05. The van der Waals surface area contributed by atoms with Crippen LogP contribution in [0, 0.1) is 0 Å². The van der Waals surface area contributed by atoms with E-state index in [9.17, 15) is 0 Å². The molecule has 1 aromatic carbocycles. The minimum Gasteiger partial charge on any atom is -0.140 e. The minimum absolute atomic E-state index is 0.396. The van der Waals surface area contributed by atoms with Gasteiger partial charge in [-0.15, -0.1) is 11.3 Å². The quantitative estimate of drug-likeness (QED) is 0.458. The molecule has 2 aromatic rings. The molecule has 0 N–H and O–H groups in total. The van der Waals surface area contributed by atoms with Crippen molar-refractivity contribution in [3.63, 3.8) is 0 Å². The fraction of sp³-hybridized carbons (Fsp3) is 0.500. The zero-order chi connectivity index (χ0) is 15.1. The predicted molar refractivity (Wildman–Crippen MR) is 96.2 cm³/mol. The Hall–Kier alpha value is -1.08. The number of benzene rings is 1. The van der Waals surface area contributed by atoms with Crippen molar-refractivity contribution >= 4 is 11.3 Å². The van der Waals surface area contributed by atoms with Gasteiger partial charge in [0.1, 0.15) is 0 Å². The van der Waals surface area contributed by atoms with Gasteiger partial charge in [-0.25, -0.2) is 0 Å². The Morgan fingerprint density at radius 3 is 2.19 bits per heavy atom. The lowest BCUT2D eigenvalue weighted by Crippen LogP contribution is -2.23. The summed E-state index contributed by atoms with van der Waals surface area (Å²) in [6.07, 6.45) is 7.87. The van der Waals surface area contributed by atoms with E-state index >= 15 is 0 Å². The molecule has 0 fully saturated rings. The van der Waals surface area contributed by atoms with Crippen LogP contribution in [0.5, 0.6) is 0 Å². The summed E-state index contributed by atoms with van der Waals surface area (Å²) in [4.78, 5) is 3.00. The largest absolute Gasteiger partial charge is 0.140 e. The summed E-state index contributed by atoms with van der Waals surface area (Å²) < 4.78 is 0. The lowest BCUT2D eigenvalue weighted by molar-refractivity contribution is 0.357. The summed E-state index contributed by atoms with van der Waals surface area (Å²) in [7, 11) is 0. The average molecular weight is 301 g/mol. The lowest BCUT2D eigenvalue weighted by atomic mass is 9.76. The number of hydrogen-bond acceptors (Lipinski definition) is 1. The molecule has 0 aliphatic rings. The van der Waals surface area contributed by atoms with E-state index in [1.165, 1.54) is 49.0 Å². The Bertz CT molecular complexity index is 520. The fourth-order valence-corrected chi connectivity index (χ4v) is 4.54. The van der Waals surface area contributed by atoms with Crippen LogP contribution < -0.4 is 0 Å². The first-order valence-electron chi connectivity index (χ1n) is 8.41. The van der Waals surface area contributed by atoms with E-state index in [1.54, 1.807) is 4.88 Å². The third-order valence-corrected chi connectivity index (χ3v) is 6.18. The Balaban J connectivity index is 2.23. The molecule has 0 radical (unpaired) electrons. The summed E-state index contributed by atoms with van der Waals surface area (Å²) in [5.74, 6) is 0. The Labute approximate surface area is 134 Å². The molecule has 114 valence electrons. The van der Waals surface area contributed by atoms with Gasteiger partial charge in [-0.1, -0.05) is 70.4 Å². The van der Waals surface area contributed by atoms with Crippen molar-refractivity contribution in [2.24, 2.45) is 0 Å². The Morgan fingerprint density at radius 1 is 0.857 bits per heavy atom. The molecule has 1 heterocycles. The van der Waals surface area contributed by atoms with E-state index < -0.39 is 0 Å². The second-order valence-electron chi connectivity index (χ2n) is 5.97. The van der Waals surface area contributed by atoms with E-state index in [-0.39, 0.29) is 0 Å². The minimum atomic E-state index is 0.396. The highest BCUT2D eigenvalue weighted by molar-refractivity contribution is 7.15. The molecule has 0 unspecified atom stereocenters. The third-order valence-electron chi connectivity index (χ3n) is 4.80. The van der Waals surface area contributed by atoms with Gasteiger partial charge in [0.15, 0.2) is 0 Å². The van der Waals surface area contributed by atoms with Crippen molar-refractivity contribution in [2.75, 3.05) is 0 Å². The summed E-state index contributed by atoms with van der Waals surface area (Å²) in [6.45, 7) is 7.01. The van der Waals surface area contributed by atoms with Crippen LogP contribution in [0.1, 0.15) is 64.2 Å². The van der Waals surface area contributed by atoms with Crippen molar-refractivity contribution in [2.45, 2.75) is 64.7 Å². The molecule has 0 amide bonds. The van der Waals surface area contributed by atoms with Gasteiger partial charge in [0, 0.05) is 15.2 Å². The zero-order valence-electron chi connectivity index (χ0n) is 13.7. The van der Waals surface area contributed by atoms with Gasteiger partial charge in [-0.3, -0.25) is 0 Å². The SMILES string of the molecule is CCCCCC(CC)(CC)c1ccc(-c2ccccc2)s1. The molecule has 0 saturated heterocycles. The first kappa shape index (κ1) is 16.3. The van der Waals surface area contributed by atoms with Crippen LogP contribution in [0.15, 0.2) is 42.5 Å². The van der Waals surface area contributed by atoms with Crippen molar-refractivity contribution < 1.29 is 0 Å². The standard InChI is InChI=1S/C20H28S/c1-4-7-11-16-20(5-2,6-3)19-15-14-18(21-19)17-12-9-8-10-13-17/h8-10,12-15H,4-7,11,16H2,1-3H3. The maximum atomic E-state index is 2.38. The number of rotatable bonds is 8. The molecule has 0 spiro atoms. The molecule has 1 aromatic heterocycles. The number of thiophene rings is 1. The maximum Gasteiger partial charge on any atom is 0.0345 e. The first-order valence-corrected chi connectivity index (χ1v) is 9.23. The van der Waals surface area contributed by atoms with Gasteiger partial charge in [0.05, 0.1) is 0 Å². The monoisotopic (exact) mass is 300 g/mol. The number of unbranched alkanes of at least 4 members (excludes halogenated alkanes) is 2. The van der Waals surface area contributed by atoms with E-state index in [2.05, 4.69) is 63.2 Å². The highest BCUT2D eigenvalue weighted by Gasteiger charge is 2.29. The van der Waals surface area contributed by atoms with Crippen LogP contribution in [-0.4, -0.2) is 0 Å². The summed E-state index contributed by atoms with van der Waals surface area (Å²) in [6, 6.07) is 15.5. The van der Waals surface area contributed by atoms with Gasteiger partial charge in [0.25, 0.3) is 0 Å². The van der Waals surface area contributed by atoms with Gasteiger partial charge < -0.3 is 0 Å². The topological polar surface area (TPSA) is 0 Å². The molecule has 2 rings (SSSR count). The van der Waals surface area contributed by atoms with Crippen LogP contribution in [0.25, 0.3) is 10.4 Å². The van der Waals surface area contributed by atoms with Gasteiger partial charge in [-0.2, -0.15) is 0 Å². The van der Waals surface area contributed by atoms with E-state index in [0.717, 1.165) is 0 Å². The lowest BCUT2D eigenvalue weighted by Gasteiger charge is -2.31. The van der Waals surface area contributed by atoms with Crippen LogP contribution in [0.4, 0.5) is 0 Å². The smallest absolute Gasteiger partial charge is 0.0345 e. The third kappa shape index (κ3) is 3.77. The van der Waals surface area contributed by atoms with Crippen LogP contribution in [0.3, 0.4) is 0 Å². The van der Waals surface area contributed by atoms with E-state index in [0.29, 0.717) is 5.41 Å². The molecular formula is C20H28S. The molecule has 0 atom stereocenters. The first-order chi connectivity index (χ1) is 10.3. The van der Waals surface area contributed by atoms with Crippen LogP contribution in [0.2, 0.25) is 0 Å². The van der Waals surface area contributed by atoms with Gasteiger partial charge in [0.2, 0.25) is 0 Å². The summed E-state index contributed by atoms with van der Waals surface area (Å²) in [5.41, 5.74) is 1.75. The highest BCUT2D eigenvalue weighted by Crippen LogP contribution is 2.42. The normalized spacial score (nSPS) is 11.8. The van der Waals surface area contributed by atoms with Crippen molar-refractivity contribution in [3.8, 4) is 10.4 Å². The second-order valence-corrected chi connectivity index (χ2v) is 7.06. The molecule has 0 aliphatic heterocycles. The average Bonchev–Trinajstić information content (AvgIpc) is 3.03.